The van der Waals surface area contributed by atoms with E-state index in [-0.39, 0.29) is 0 Å². The summed E-state index contributed by atoms with van der Waals surface area (Å²) < 4.78 is 0. The van der Waals surface area contributed by atoms with Gasteiger partial charge in [-0.25, -0.2) is 0 Å². The van der Waals surface area contributed by atoms with Gasteiger partial charge in [0.2, 0.25) is 0 Å². The Labute approximate surface area is 49.6 Å². The Morgan fingerprint density at radius 1 is 1.88 bits per heavy atom. The van der Waals surface area contributed by atoms with Crippen molar-refractivity contribution in [1.29, 1.82) is 5.26 Å². The standard InChI is InChI=1S/C6H10N2/c1-2-3-4-6(8)5-7/h4H,2-3,8H2,1H3. The van der Waals surface area contributed by atoms with E-state index in [1.165, 1.54) is 0 Å². The quantitative estimate of drug-likeness (QED) is 0.542. The van der Waals surface area contributed by atoms with Crippen LogP contribution in [0, 0.1) is 11.3 Å². The second-order valence-corrected chi connectivity index (χ2v) is 1.56. The van der Waals surface area contributed by atoms with E-state index in [0.717, 1.165) is 12.8 Å². The molecule has 0 aromatic rings. The maximum Gasteiger partial charge on any atom is 0.116 e. The molecule has 2 heteroatoms. The first-order chi connectivity index (χ1) is 3.81. The molecule has 0 aromatic heterocycles. The molecule has 0 aromatic carbocycles. The summed E-state index contributed by atoms with van der Waals surface area (Å²) in [5.41, 5.74) is 5.48. The van der Waals surface area contributed by atoms with Crippen LogP contribution in [0.5, 0.6) is 0 Å². The smallest absolute Gasteiger partial charge is 0.116 e. The highest BCUT2D eigenvalue weighted by Gasteiger charge is 1.79. The molecule has 0 aliphatic carbocycles. The first kappa shape index (κ1) is 7.03. The van der Waals surface area contributed by atoms with Gasteiger partial charge >= 0.3 is 0 Å². The largest absolute Gasteiger partial charge is 0.390 e. The van der Waals surface area contributed by atoms with Crippen LogP contribution in [0.15, 0.2) is 11.8 Å². The lowest BCUT2D eigenvalue weighted by Gasteiger charge is -1.83. The molecule has 0 saturated carbocycles. The molecule has 0 aliphatic rings. The lowest BCUT2D eigenvalue weighted by molar-refractivity contribution is 0.951. The van der Waals surface area contributed by atoms with Gasteiger partial charge in [-0.15, -0.1) is 0 Å². The minimum absolute atomic E-state index is 0.326. The molecule has 0 radical (unpaired) electrons. The first-order valence-corrected chi connectivity index (χ1v) is 2.67. The van der Waals surface area contributed by atoms with E-state index in [1.807, 2.05) is 13.0 Å². The van der Waals surface area contributed by atoms with Crippen LogP contribution in [0.2, 0.25) is 0 Å². The summed E-state index contributed by atoms with van der Waals surface area (Å²) in [6.45, 7) is 2.04. The van der Waals surface area contributed by atoms with Crippen LogP contribution >= 0.6 is 0 Å². The number of hydrogen-bond donors (Lipinski definition) is 1. The fourth-order valence-corrected chi connectivity index (χ4v) is 0.345. The zero-order valence-corrected chi connectivity index (χ0v) is 5.02. The second-order valence-electron chi connectivity index (χ2n) is 1.56. The SMILES string of the molecule is CCCC=C(N)C#N. The highest BCUT2D eigenvalue weighted by atomic mass is 14.6. The van der Waals surface area contributed by atoms with Gasteiger partial charge in [-0.1, -0.05) is 19.4 Å². The summed E-state index contributed by atoms with van der Waals surface area (Å²) in [4.78, 5) is 0. The third-order valence-corrected chi connectivity index (χ3v) is 0.782. The number of rotatable bonds is 2. The van der Waals surface area contributed by atoms with Gasteiger partial charge in [0.15, 0.2) is 0 Å². The van der Waals surface area contributed by atoms with Crippen molar-refractivity contribution >= 4 is 0 Å². The lowest BCUT2D eigenvalue weighted by atomic mass is 10.3. The molecule has 44 valence electrons. The molecule has 0 saturated heterocycles. The molecule has 0 atom stereocenters. The number of nitrogens with two attached hydrogens (primary N) is 1. The first-order valence-electron chi connectivity index (χ1n) is 2.67. The van der Waals surface area contributed by atoms with Gasteiger partial charge < -0.3 is 5.73 Å². The van der Waals surface area contributed by atoms with E-state index >= 15 is 0 Å². The van der Waals surface area contributed by atoms with Crippen LogP contribution in [0.4, 0.5) is 0 Å². The Balaban J connectivity index is 3.46. The Morgan fingerprint density at radius 2 is 2.50 bits per heavy atom. The van der Waals surface area contributed by atoms with Crippen LogP contribution in [0.3, 0.4) is 0 Å². The Hall–Kier alpha value is -0.970. The maximum absolute atomic E-state index is 8.12. The van der Waals surface area contributed by atoms with E-state index in [0.29, 0.717) is 5.70 Å². The molecule has 8 heavy (non-hydrogen) atoms. The summed E-state index contributed by atoms with van der Waals surface area (Å²) in [7, 11) is 0. The van der Waals surface area contributed by atoms with Gasteiger partial charge in [0.05, 0.1) is 0 Å². The minimum Gasteiger partial charge on any atom is -0.390 e. The van der Waals surface area contributed by atoms with E-state index < -0.39 is 0 Å². The highest BCUT2D eigenvalue weighted by Crippen LogP contribution is 1.89. The van der Waals surface area contributed by atoms with Gasteiger partial charge in [0, 0.05) is 0 Å². The molecule has 0 bridgehead atoms. The third-order valence-electron chi connectivity index (χ3n) is 0.782. The van der Waals surface area contributed by atoms with Crippen molar-refractivity contribution < 1.29 is 0 Å². The van der Waals surface area contributed by atoms with E-state index in [2.05, 4.69) is 0 Å². The van der Waals surface area contributed by atoms with Gasteiger partial charge in [-0.2, -0.15) is 5.26 Å². The molecule has 0 amide bonds. The second kappa shape index (κ2) is 4.20. The summed E-state index contributed by atoms with van der Waals surface area (Å²) >= 11 is 0. The Morgan fingerprint density at radius 3 is 2.88 bits per heavy atom. The summed E-state index contributed by atoms with van der Waals surface area (Å²) in [5, 5.41) is 8.12. The van der Waals surface area contributed by atoms with E-state index in [9.17, 15) is 0 Å². The number of hydrogen-bond acceptors (Lipinski definition) is 2. The number of allylic oxidation sites excluding steroid dienone is 2. The predicted octanol–water partition coefficient (Wildman–Crippen LogP) is 1.15. The van der Waals surface area contributed by atoms with Crippen molar-refractivity contribution in [3.8, 4) is 6.07 Å². The molecular formula is C6H10N2. The molecule has 2 nitrogen and oxygen atoms in total. The number of nitrogens with zero attached hydrogens (tertiary/aromatic N) is 1. The average Bonchev–Trinajstić information content (AvgIpc) is 1.83. The van der Waals surface area contributed by atoms with Gasteiger partial charge in [-0.3, -0.25) is 0 Å². The van der Waals surface area contributed by atoms with E-state index in [4.69, 9.17) is 11.0 Å². The summed E-state index contributed by atoms with van der Waals surface area (Å²) in [6, 6.07) is 1.84. The molecule has 0 aliphatic heterocycles. The van der Waals surface area contributed by atoms with Crippen molar-refractivity contribution in [2.75, 3.05) is 0 Å². The average molecular weight is 110 g/mol. The van der Waals surface area contributed by atoms with Crippen molar-refractivity contribution in [2.45, 2.75) is 19.8 Å². The van der Waals surface area contributed by atoms with Crippen LogP contribution in [-0.4, -0.2) is 0 Å². The fraction of sp³-hybridized carbons (Fsp3) is 0.500. The summed E-state index contributed by atoms with van der Waals surface area (Å²) in [6.07, 6.45) is 3.68. The summed E-state index contributed by atoms with van der Waals surface area (Å²) in [5.74, 6) is 0. The van der Waals surface area contributed by atoms with Gasteiger partial charge in [-0.05, 0) is 6.42 Å². The lowest BCUT2D eigenvalue weighted by Crippen LogP contribution is -1.91. The van der Waals surface area contributed by atoms with Crippen molar-refractivity contribution in [2.24, 2.45) is 5.73 Å². The van der Waals surface area contributed by atoms with E-state index in [1.54, 1.807) is 6.08 Å². The van der Waals surface area contributed by atoms with Crippen molar-refractivity contribution in [3.05, 3.63) is 11.8 Å². The molecule has 0 spiro atoms. The van der Waals surface area contributed by atoms with Gasteiger partial charge in [0.25, 0.3) is 0 Å². The molecular weight excluding hydrogens is 100 g/mol. The number of nitriles is 1. The van der Waals surface area contributed by atoms with Crippen LogP contribution in [-0.2, 0) is 0 Å². The Kier molecular flexibility index (Phi) is 3.69. The van der Waals surface area contributed by atoms with Crippen LogP contribution in [0.1, 0.15) is 19.8 Å². The molecule has 2 N–H and O–H groups in total. The van der Waals surface area contributed by atoms with Crippen molar-refractivity contribution in [1.82, 2.24) is 0 Å². The normalized spacial score (nSPS) is 10.8. The van der Waals surface area contributed by atoms with Crippen molar-refractivity contribution in [3.63, 3.8) is 0 Å². The Bertz CT molecular complexity index is 119. The monoisotopic (exact) mass is 110 g/mol. The molecule has 0 heterocycles. The zero-order valence-electron chi connectivity index (χ0n) is 5.02. The van der Waals surface area contributed by atoms with Crippen LogP contribution in [0.25, 0.3) is 0 Å². The molecule has 0 fully saturated rings. The molecule has 0 rings (SSSR count). The molecule has 0 unspecified atom stereocenters. The van der Waals surface area contributed by atoms with Gasteiger partial charge in [0.1, 0.15) is 11.8 Å². The third kappa shape index (κ3) is 3.23. The maximum atomic E-state index is 8.12. The minimum atomic E-state index is 0.326. The number of unbranched alkanes of at least 4 members (excludes halogenated alkanes) is 1. The topological polar surface area (TPSA) is 49.8 Å². The fourth-order valence-electron chi connectivity index (χ4n) is 0.345. The highest BCUT2D eigenvalue weighted by molar-refractivity contribution is 5.15. The predicted molar refractivity (Wildman–Crippen MR) is 32.8 cm³/mol. The van der Waals surface area contributed by atoms with Crippen LogP contribution < -0.4 is 5.73 Å². The zero-order chi connectivity index (χ0) is 6.41.